The third kappa shape index (κ3) is 5.25. The fraction of sp³-hybridized carbons (Fsp3) is 0.111. The number of amides is 1. The average molecular weight is 522 g/mol. The van der Waals surface area contributed by atoms with E-state index < -0.39 is 0 Å². The molecule has 2 heterocycles. The molecule has 0 atom stereocenters. The highest BCUT2D eigenvalue weighted by molar-refractivity contribution is 8.18. The maximum atomic E-state index is 12.7. The van der Waals surface area contributed by atoms with Crippen LogP contribution in [0.2, 0.25) is 10.0 Å². The van der Waals surface area contributed by atoms with E-state index in [1.165, 1.54) is 11.8 Å². The van der Waals surface area contributed by atoms with Gasteiger partial charge in [0, 0.05) is 39.3 Å². The summed E-state index contributed by atoms with van der Waals surface area (Å²) in [4.78, 5) is 17.8. The molecule has 1 amide bonds. The zero-order chi connectivity index (χ0) is 24.4. The molecule has 0 aliphatic carbocycles. The van der Waals surface area contributed by atoms with Gasteiger partial charge in [-0.15, -0.1) is 0 Å². The molecule has 5 rings (SSSR count). The van der Waals surface area contributed by atoms with E-state index in [2.05, 4.69) is 20.9 Å². The summed E-state index contributed by atoms with van der Waals surface area (Å²) in [7, 11) is 0. The highest BCUT2D eigenvalue weighted by Crippen LogP contribution is 2.32. The Kier molecular flexibility index (Phi) is 6.86. The van der Waals surface area contributed by atoms with E-state index in [-0.39, 0.29) is 5.91 Å². The van der Waals surface area contributed by atoms with Crippen molar-refractivity contribution in [2.24, 2.45) is 4.99 Å². The molecule has 176 valence electrons. The van der Waals surface area contributed by atoms with Crippen LogP contribution in [0, 0.1) is 0 Å². The molecular formula is C27H21Cl2N3O2S. The molecule has 0 spiro atoms. The Morgan fingerprint density at radius 2 is 1.89 bits per heavy atom. The van der Waals surface area contributed by atoms with E-state index >= 15 is 0 Å². The van der Waals surface area contributed by atoms with Crippen molar-refractivity contribution < 1.29 is 9.53 Å². The number of hydrogen-bond acceptors (Lipinski definition) is 4. The monoisotopic (exact) mass is 521 g/mol. The number of thioether (sulfide) groups is 1. The third-order valence-electron chi connectivity index (χ3n) is 5.49. The molecule has 0 saturated carbocycles. The van der Waals surface area contributed by atoms with Gasteiger partial charge in [-0.3, -0.25) is 4.79 Å². The summed E-state index contributed by atoms with van der Waals surface area (Å²) < 4.78 is 7.60. The summed E-state index contributed by atoms with van der Waals surface area (Å²) >= 11 is 13.8. The fourth-order valence-electron chi connectivity index (χ4n) is 3.88. The molecule has 1 N–H and O–H groups in total. The zero-order valence-corrected chi connectivity index (χ0v) is 21.1. The van der Waals surface area contributed by atoms with E-state index in [0.29, 0.717) is 33.3 Å². The van der Waals surface area contributed by atoms with Crippen molar-refractivity contribution in [3.05, 3.63) is 99.0 Å². The number of ether oxygens (including phenoxy) is 1. The first kappa shape index (κ1) is 23.5. The standard InChI is InChI=1S/C27H21Cl2N3O2S/c1-2-34-21-11-9-20(10-12-21)30-27-31-26(33)25(35-27)13-18-16-32(24-6-4-3-5-22(18)24)15-17-7-8-19(28)14-23(17)29/h3-14,16H,2,15H2,1H3,(H,30,31,33)/b25-13+. The Morgan fingerprint density at radius 1 is 1.09 bits per heavy atom. The number of nitrogens with one attached hydrogen (secondary N) is 1. The van der Waals surface area contributed by atoms with Crippen LogP contribution in [0.25, 0.3) is 17.0 Å². The number of fused-ring (bicyclic) bond motifs is 1. The smallest absolute Gasteiger partial charge is 0.264 e. The lowest BCUT2D eigenvalue weighted by Gasteiger charge is -2.08. The Morgan fingerprint density at radius 3 is 2.66 bits per heavy atom. The number of para-hydroxylation sites is 1. The highest BCUT2D eigenvalue weighted by atomic mass is 35.5. The second-order valence-electron chi connectivity index (χ2n) is 7.87. The SMILES string of the molecule is CCOc1ccc(N=C2NC(=O)/C(=C\c3cn(Cc4ccc(Cl)cc4Cl)c4ccccc34)S2)cc1. The maximum absolute atomic E-state index is 12.7. The molecule has 1 aliphatic heterocycles. The van der Waals surface area contributed by atoms with Gasteiger partial charge in [-0.2, -0.15) is 0 Å². The number of rotatable bonds is 6. The van der Waals surface area contributed by atoms with Gasteiger partial charge in [0.25, 0.3) is 5.91 Å². The number of hydrogen-bond donors (Lipinski definition) is 1. The Labute approximate surface area is 217 Å². The molecule has 0 radical (unpaired) electrons. The molecule has 35 heavy (non-hydrogen) atoms. The van der Waals surface area contributed by atoms with E-state index in [9.17, 15) is 4.79 Å². The van der Waals surface area contributed by atoms with Crippen LogP contribution in [0.4, 0.5) is 5.69 Å². The minimum atomic E-state index is -0.169. The normalized spacial score (nSPS) is 15.8. The zero-order valence-electron chi connectivity index (χ0n) is 18.8. The van der Waals surface area contributed by atoms with Crippen LogP contribution < -0.4 is 10.1 Å². The van der Waals surface area contributed by atoms with E-state index in [1.54, 1.807) is 6.07 Å². The van der Waals surface area contributed by atoms with Crippen LogP contribution >= 0.6 is 35.0 Å². The Bertz CT molecular complexity index is 1480. The Hall–Kier alpha value is -3.19. The number of nitrogens with zero attached hydrogens (tertiary/aromatic N) is 2. The van der Waals surface area contributed by atoms with Gasteiger partial charge >= 0.3 is 0 Å². The van der Waals surface area contributed by atoms with Crippen LogP contribution in [0.3, 0.4) is 0 Å². The van der Waals surface area contributed by atoms with Crippen LogP contribution in [0.5, 0.6) is 5.75 Å². The number of aromatic nitrogens is 1. The van der Waals surface area contributed by atoms with E-state index in [4.69, 9.17) is 27.9 Å². The number of aliphatic imine (C=N–C) groups is 1. The molecule has 5 nitrogen and oxygen atoms in total. The van der Waals surface area contributed by atoms with Gasteiger partial charge < -0.3 is 14.6 Å². The lowest BCUT2D eigenvalue weighted by atomic mass is 10.1. The predicted molar refractivity (Wildman–Crippen MR) is 146 cm³/mol. The van der Waals surface area contributed by atoms with Crippen molar-refractivity contribution in [1.82, 2.24) is 9.88 Å². The van der Waals surface area contributed by atoms with Crippen LogP contribution in [0.1, 0.15) is 18.1 Å². The minimum Gasteiger partial charge on any atom is -0.494 e. The first-order valence-corrected chi connectivity index (χ1v) is 12.6. The molecular weight excluding hydrogens is 501 g/mol. The molecule has 1 aliphatic rings. The summed E-state index contributed by atoms with van der Waals surface area (Å²) in [6.45, 7) is 3.14. The summed E-state index contributed by atoms with van der Waals surface area (Å²) in [5.41, 5.74) is 3.71. The largest absolute Gasteiger partial charge is 0.494 e. The van der Waals surface area contributed by atoms with Gasteiger partial charge in [0.05, 0.1) is 17.2 Å². The lowest BCUT2D eigenvalue weighted by Crippen LogP contribution is -2.19. The van der Waals surface area contributed by atoms with Crippen molar-refractivity contribution in [2.45, 2.75) is 13.5 Å². The molecule has 0 unspecified atom stereocenters. The summed E-state index contributed by atoms with van der Waals surface area (Å²) in [5.74, 6) is 0.619. The quantitative estimate of drug-likeness (QED) is 0.271. The summed E-state index contributed by atoms with van der Waals surface area (Å²) in [6, 6.07) is 21.1. The van der Waals surface area contributed by atoms with Gasteiger partial charge in [-0.05, 0) is 72.8 Å². The Balaban J connectivity index is 1.43. The van der Waals surface area contributed by atoms with Crippen molar-refractivity contribution >= 4 is 68.7 Å². The van der Waals surface area contributed by atoms with Crippen LogP contribution in [0.15, 0.2) is 82.8 Å². The first-order valence-electron chi connectivity index (χ1n) is 11.0. The fourth-order valence-corrected chi connectivity index (χ4v) is 5.18. The van der Waals surface area contributed by atoms with Crippen LogP contribution in [-0.2, 0) is 11.3 Å². The van der Waals surface area contributed by atoms with Crippen molar-refractivity contribution in [1.29, 1.82) is 0 Å². The number of halogens is 2. The second kappa shape index (κ2) is 10.2. The van der Waals surface area contributed by atoms with Gasteiger partial charge in [-0.25, -0.2) is 4.99 Å². The molecule has 8 heteroatoms. The topological polar surface area (TPSA) is 55.6 Å². The van der Waals surface area contributed by atoms with Crippen LogP contribution in [-0.4, -0.2) is 22.2 Å². The molecule has 1 saturated heterocycles. The van der Waals surface area contributed by atoms with E-state index in [1.807, 2.05) is 73.8 Å². The number of carbonyl (C=O) groups excluding carboxylic acids is 1. The molecule has 4 aromatic rings. The number of carbonyl (C=O) groups is 1. The van der Waals surface area contributed by atoms with Crippen molar-refractivity contribution in [2.75, 3.05) is 6.61 Å². The van der Waals surface area contributed by atoms with Crippen molar-refractivity contribution in [3.63, 3.8) is 0 Å². The summed E-state index contributed by atoms with van der Waals surface area (Å²) in [6.07, 6.45) is 3.95. The minimum absolute atomic E-state index is 0.169. The lowest BCUT2D eigenvalue weighted by molar-refractivity contribution is -0.115. The number of benzene rings is 3. The molecule has 1 aromatic heterocycles. The van der Waals surface area contributed by atoms with Crippen molar-refractivity contribution in [3.8, 4) is 5.75 Å². The van der Waals surface area contributed by atoms with Gasteiger partial charge in [0.15, 0.2) is 5.17 Å². The molecule has 0 bridgehead atoms. The van der Waals surface area contributed by atoms with Gasteiger partial charge in [-0.1, -0.05) is 47.5 Å². The predicted octanol–water partition coefficient (Wildman–Crippen LogP) is 7.29. The van der Waals surface area contributed by atoms with E-state index in [0.717, 1.165) is 33.5 Å². The maximum Gasteiger partial charge on any atom is 0.264 e. The third-order valence-corrected chi connectivity index (χ3v) is 6.99. The number of amidine groups is 1. The first-order chi connectivity index (χ1) is 17.0. The molecule has 1 fully saturated rings. The highest BCUT2D eigenvalue weighted by Gasteiger charge is 2.24. The average Bonchev–Trinajstić information content (AvgIpc) is 3.37. The van der Waals surface area contributed by atoms with Gasteiger partial charge in [0.1, 0.15) is 5.75 Å². The second-order valence-corrected chi connectivity index (χ2v) is 9.75. The summed E-state index contributed by atoms with van der Waals surface area (Å²) in [5, 5.41) is 5.68. The molecule has 3 aromatic carbocycles. The van der Waals surface area contributed by atoms with Gasteiger partial charge in [0.2, 0.25) is 0 Å².